The Hall–Kier alpha value is -1.40. The minimum atomic E-state index is -0.848. The number of hydrogen-bond acceptors (Lipinski definition) is 4. The summed E-state index contributed by atoms with van der Waals surface area (Å²) in [4.78, 5) is 21.8. The summed E-state index contributed by atoms with van der Waals surface area (Å²) >= 11 is 0. The van der Waals surface area contributed by atoms with Gasteiger partial charge in [-0.2, -0.15) is 0 Å². The topological polar surface area (TPSA) is 84.2 Å². The molecule has 3 atom stereocenters. The Morgan fingerprint density at radius 3 is 3.05 bits per heavy atom. The minimum Gasteiger partial charge on any atom is -0.377 e. The lowest BCUT2D eigenvalue weighted by Gasteiger charge is -2.65. The number of aromatic nitrogens is 2. The molecule has 1 aliphatic carbocycles. The summed E-state index contributed by atoms with van der Waals surface area (Å²) in [6.07, 6.45) is 5.47. The normalized spacial score (nSPS) is 33.9. The summed E-state index contributed by atoms with van der Waals surface area (Å²) in [5.74, 6) is 0.867. The van der Waals surface area contributed by atoms with E-state index in [1.807, 2.05) is 13.8 Å². The van der Waals surface area contributed by atoms with Gasteiger partial charge < -0.3 is 20.4 Å². The molecule has 2 aliphatic rings. The number of hydrogen-bond donors (Lipinski definition) is 2. The zero-order valence-corrected chi connectivity index (χ0v) is 12.9. The Balaban J connectivity index is 1.79. The Morgan fingerprint density at radius 1 is 1.62 bits per heavy atom. The monoisotopic (exact) mass is 292 g/mol. The number of carbonyl (C=O) groups excluding carboxylic acids is 1. The van der Waals surface area contributed by atoms with Gasteiger partial charge in [-0.3, -0.25) is 4.79 Å². The van der Waals surface area contributed by atoms with Crippen molar-refractivity contribution in [3.05, 3.63) is 18.2 Å². The number of nitrogens with two attached hydrogens (primary N) is 1. The first-order chi connectivity index (χ1) is 9.89. The van der Waals surface area contributed by atoms with E-state index in [0.29, 0.717) is 6.54 Å². The fraction of sp³-hybridized carbons (Fsp3) is 0.733. The second kappa shape index (κ2) is 4.81. The lowest BCUT2D eigenvalue weighted by molar-refractivity contribution is -0.229. The third kappa shape index (κ3) is 1.92. The minimum absolute atomic E-state index is 0.0179. The number of carbonyl (C=O) groups is 1. The summed E-state index contributed by atoms with van der Waals surface area (Å²) in [5.41, 5.74) is 5.42. The van der Waals surface area contributed by atoms with E-state index in [-0.39, 0.29) is 23.3 Å². The molecule has 0 spiro atoms. The molecule has 116 valence electrons. The third-order valence-corrected chi connectivity index (χ3v) is 5.33. The van der Waals surface area contributed by atoms with Crippen molar-refractivity contribution in [1.29, 1.82) is 0 Å². The molecule has 21 heavy (non-hydrogen) atoms. The molecule has 3 N–H and O–H groups in total. The van der Waals surface area contributed by atoms with E-state index >= 15 is 0 Å². The van der Waals surface area contributed by atoms with Crippen molar-refractivity contribution >= 4 is 5.91 Å². The number of H-pyrrole nitrogens is 1. The van der Waals surface area contributed by atoms with Gasteiger partial charge in [0.1, 0.15) is 11.4 Å². The molecular formula is C15H24N4O2. The molecular weight excluding hydrogens is 268 g/mol. The van der Waals surface area contributed by atoms with E-state index in [4.69, 9.17) is 10.5 Å². The first-order valence-corrected chi connectivity index (χ1v) is 7.53. The van der Waals surface area contributed by atoms with E-state index in [1.54, 1.807) is 24.3 Å². The van der Waals surface area contributed by atoms with Crippen molar-refractivity contribution in [3.8, 4) is 0 Å². The molecule has 6 heteroatoms. The van der Waals surface area contributed by atoms with Gasteiger partial charge >= 0.3 is 0 Å². The average Bonchev–Trinajstić information content (AvgIpc) is 2.98. The van der Waals surface area contributed by atoms with Crippen molar-refractivity contribution in [2.75, 3.05) is 13.7 Å². The predicted octanol–water partition coefficient (Wildman–Crippen LogP) is 0.901. The molecule has 1 aliphatic heterocycles. The van der Waals surface area contributed by atoms with Gasteiger partial charge in [-0.25, -0.2) is 4.98 Å². The molecule has 1 saturated heterocycles. The average molecular weight is 292 g/mol. The molecule has 1 amide bonds. The highest BCUT2D eigenvalue weighted by Crippen LogP contribution is 2.57. The van der Waals surface area contributed by atoms with Crippen LogP contribution < -0.4 is 5.73 Å². The Morgan fingerprint density at radius 2 is 2.38 bits per heavy atom. The number of imidazole rings is 1. The fourth-order valence-electron chi connectivity index (χ4n) is 4.01. The predicted molar refractivity (Wildman–Crippen MR) is 78.2 cm³/mol. The lowest BCUT2D eigenvalue weighted by atomic mass is 9.46. The highest BCUT2D eigenvalue weighted by Gasteiger charge is 2.70. The van der Waals surface area contributed by atoms with Crippen LogP contribution in [0.2, 0.25) is 0 Å². The fourth-order valence-corrected chi connectivity index (χ4v) is 4.01. The van der Waals surface area contributed by atoms with E-state index in [9.17, 15) is 4.79 Å². The van der Waals surface area contributed by atoms with E-state index in [2.05, 4.69) is 9.97 Å². The molecule has 1 aromatic heterocycles. The molecule has 2 fully saturated rings. The van der Waals surface area contributed by atoms with E-state index < -0.39 is 5.54 Å². The number of amides is 1. The van der Waals surface area contributed by atoms with Gasteiger partial charge in [0.2, 0.25) is 5.91 Å². The van der Waals surface area contributed by atoms with Crippen LogP contribution in [0.5, 0.6) is 0 Å². The van der Waals surface area contributed by atoms with Gasteiger partial charge in [-0.1, -0.05) is 13.8 Å². The van der Waals surface area contributed by atoms with Crippen LogP contribution >= 0.6 is 0 Å². The van der Waals surface area contributed by atoms with Gasteiger partial charge in [0.05, 0.1) is 12.6 Å². The van der Waals surface area contributed by atoms with Gasteiger partial charge in [0, 0.05) is 37.4 Å². The zero-order valence-electron chi connectivity index (χ0n) is 12.9. The Kier molecular flexibility index (Phi) is 3.33. The molecule has 1 aromatic rings. The van der Waals surface area contributed by atoms with Crippen molar-refractivity contribution in [1.82, 2.24) is 14.9 Å². The lowest BCUT2D eigenvalue weighted by Crippen LogP contribution is -2.82. The zero-order chi connectivity index (χ0) is 15.3. The van der Waals surface area contributed by atoms with Crippen LogP contribution in [-0.4, -0.2) is 46.1 Å². The molecule has 3 unspecified atom stereocenters. The van der Waals surface area contributed by atoms with E-state index in [0.717, 1.165) is 25.3 Å². The number of nitrogens with zero attached hydrogens (tertiary/aromatic N) is 2. The summed E-state index contributed by atoms with van der Waals surface area (Å²) in [6.45, 7) is 5.30. The molecule has 3 rings (SSSR count). The number of aromatic amines is 1. The standard InChI is InChI=1S/C15H24N4O2/c1-14(2)12-10(5-4-8-21-12)15(14,16)13(20)19(3)9-11-17-6-7-18-11/h6-7,10,12H,4-5,8-9,16H2,1-3H3,(H,17,18). The molecule has 0 radical (unpaired) electrons. The van der Waals surface area contributed by atoms with Crippen LogP contribution in [0.25, 0.3) is 0 Å². The first-order valence-electron chi connectivity index (χ1n) is 7.53. The molecule has 2 heterocycles. The summed E-state index contributed by atoms with van der Waals surface area (Å²) in [6, 6.07) is 0. The summed E-state index contributed by atoms with van der Waals surface area (Å²) in [7, 11) is 1.78. The highest BCUT2D eigenvalue weighted by atomic mass is 16.5. The van der Waals surface area contributed by atoms with Crippen LogP contribution in [-0.2, 0) is 16.1 Å². The molecule has 0 aromatic carbocycles. The van der Waals surface area contributed by atoms with Crippen LogP contribution in [0.4, 0.5) is 0 Å². The van der Waals surface area contributed by atoms with Crippen LogP contribution in [0.3, 0.4) is 0 Å². The Bertz CT molecular complexity index is 528. The summed E-state index contributed by atoms with van der Waals surface area (Å²) < 4.78 is 5.85. The number of ether oxygens (including phenoxy) is 1. The van der Waals surface area contributed by atoms with Gasteiger partial charge in [-0.05, 0) is 12.8 Å². The van der Waals surface area contributed by atoms with Crippen molar-refractivity contribution in [2.24, 2.45) is 17.1 Å². The largest absolute Gasteiger partial charge is 0.377 e. The van der Waals surface area contributed by atoms with Gasteiger partial charge in [0.15, 0.2) is 0 Å². The van der Waals surface area contributed by atoms with Crippen LogP contribution in [0.15, 0.2) is 12.4 Å². The second-order valence-electron chi connectivity index (χ2n) is 6.83. The number of nitrogens with one attached hydrogen (secondary N) is 1. The quantitative estimate of drug-likeness (QED) is 0.867. The SMILES string of the molecule is CN(Cc1ncc[nH]1)C(=O)C1(N)C2CCCOC2C1(C)C. The van der Waals surface area contributed by atoms with Gasteiger partial charge in [0.25, 0.3) is 0 Å². The maximum Gasteiger partial charge on any atom is 0.243 e. The Labute approximate surface area is 125 Å². The summed E-state index contributed by atoms with van der Waals surface area (Å²) in [5, 5.41) is 0. The smallest absolute Gasteiger partial charge is 0.243 e. The van der Waals surface area contributed by atoms with E-state index in [1.165, 1.54) is 0 Å². The van der Waals surface area contributed by atoms with Gasteiger partial charge in [-0.15, -0.1) is 0 Å². The third-order valence-electron chi connectivity index (χ3n) is 5.33. The highest BCUT2D eigenvalue weighted by molar-refractivity contribution is 5.89. The molecule has 6 nitrogen and oxygen atoms in total. The number of likely N-dealkylation sites (N-methyl/N-ethyl adjacent to an activating group) is 1. The first kappa shape index (κ1) is 14.5. The van der Waals surface area contributed by atoms with Crippen molar-refractivity contribution < 1.29 is 9.53 Å². The molecule has 1 saturated carbocycles. The molecule has 0 bridgehead atoms. The van der Waals surface area contributed by atoms with Crippen LogP contribution in [0, 0.1) is 11.3 Å². The van der Waals surface area contributed by atoms with Crippen molar-refractivity contribution in [2.45, 2.75) is 44.9 Å². The maximum absolute atomic E-state index is 12.9. The number of fused-ring (bicyclic) bond motifs is 1. The second-order valence-corrected chi connectivity index (χ2v) is 6.83. The number of rotatable bonds is 3. The maximum atomic E-state index is 12.9. The van der Waals surface area contributed by atoms with Crippen molar-refractivity contribution in [3.63, 3.8) is 0 Å². The van der Waals surface area contributed by atoms with Crippen LogP contribution in [0.1, 0.15) is 32.5 Å².